The molecule has 7 rings (SSSR count). The highest BCUT2D eigenvalue weighted by atomic mass is 32.3. The van der Waals surface area contributed by atoms with Crippen molar-refractivity contribution in [2.45, 2.75) is 64.7 Å². The highest BCUT2D eigenvalue weighted by molar-refractivity contribution is 7.82. The van der Waals surface area contributed by atoms with E-state index in [1.807, 2.05) is 31.7 Å². The van der Waals surface area contributed by atoms with Gasteiger partial charge in [0.05, 0.1) is 30.0 Å². The minimum absolute atomic E-state index is 0.0167. The van der Waals surface area contributed by atoms with Crippen LogP contribution in [0.4, 0.5) is 4.79 Å². The molecule has 2 aromatic heterocycles. The molecular formula is C32H35N5O11S. The maximum Gasteiger partial charge on any atom is 0.415 e. The molecule has 2 amide bonds. The van der Waals surface area contributed by atoms with E-state index >= 15 is 0 Å². The first-order valence-corrected chi connectivity index (χ1v) is 17.4. The van der Waals surface area contributed by atoms with E-state index in [-0.39, 0.29) is 48.5 Å². The van der Waals surface area contributed by atoms with Crippen molar-refractivity contribution in [3.05, 3.63) is 56.9 Å². The van der Waals surface area contributed by atoms with Gasteiger partial charge in [0.2, 0.25) is 5.91 Å². The van der Waals surface area contributed by atoms with Crippen LogP contribution in [0.3, 0.4) is 0 Å². The largest absolute Gasteiger partial charge is 0.415 e. The Balaban J connectivity index is 1.22. The SMILES string of the molecule is CCc1ccc(OC(=O)N2CCN(CC(=O)NC(C)C)CC2)c2cc3c(nc12)-c1cc2c(c(=O)n1C3)C1(OC(=O)[C@]2(O)CC)OS(=O)(=O)O1. The Labute approximate surface area is 280 Å². The van der Waals surface area contributed by atoms with Crippen molar-refractivity contribution < 1.29 is 45.7 Å². The number of carbonyl (C=O) groups excluding carboxylic acids is 3. The fraction of sp³-hybridized carbons (Fsp3) is 0.469. The first kappa shape index (κ1) is 33.1. The zero-order valence-electron chi connectivity index (χ0n) is 27.3. The number of carbonyl (C=O) groups is 3. The number of hydrogen-bond donors (Lipinski definition) is 2. The highest BCUT2D eigenvalue weighted by Gasteiger charge is 2.67. The maximum absolute atomic E-state index is 14.0. The van der Waals surface area contributed by atoms with Gasteiger partial charge < -0.3 is 29.4 Å². The predicted molar refractivity (Wildman–Crippen MR) is 170 cm³/mol. The summed E-state index contributed by atoms with van der Waals surface area (Å²) in [5, 5.41) is 14.8. The lowest BCUT2D eigenvalue weighted by Crippen LogP contribution is -2.61. The molecule has 4 aliphatic heterocycles. The summed E-state index contributed by atoms with van der Waals surface area (Å²) in [6, 6.07) is 6.74. The number of aromatic nitrogens is 2. The van der Waals surface area contributed by atoms with Crippen LogP contribution >= 0.6 is 0 Å². The smallest absolute Gasteiger partial charge is 0.409 e. The van der Waals surface area contributed by atoms with Gasteiger partial charge in [0.15, 0.2) is 5.60 Å². The molecule has 0 saturated carbocycles. The number of pyridine rings is 2. The van der Waals surface area contributed by atoms with Gasteiger partial charge in [0, 0.05) is 48.7 Å². The molecule has 49 heavy (non-hydrogen) atoms. The van der Waals surface area contributed by atoms with Crippen LogP contribution in [0.5, 0.6) is 5.75 Å². The van der Waals surface area contributed by atoms with Gasteiger partial charge in [-0.25, -0.2) is 14.6 Å². The second kappa shape index (κ2) is 11.6. The van der Waals surface area contributed by atoms with E-state index in [4.69, 9.17) is 22.8 Å². The van der Waals surface area contributed by atoms with Crippen LogP contribution in [0.1, 0.15) is 56.4 Å². The van der Waals surface area contributed by atoms with Crippen LogP contribution < -0.4 is 15.6 Å². The summed E-state index contributed by atoms with van der Waals surface area (Å²) in [5.74, 6) is -3.68. The minimum Gasteiger partial charge on any atom is -0.409 e. The number of hydrogen-bond acceptors (Lipinski definition) is 13. The molecule has 1 aromatic carbocycles. The Bertz CT molecular complexity index is 2090. The maximum atomic E-state index is 14.0. The Morgan fingerprint density at radius 1 is 1.10 bits per heavy atom. The fourth-order valence-electron chi connectivity index (χ4n) is 6.75. The summed E-state index contributed by atoms with van der Waals surface area (Å²) in [6.07, 6.45) is -0.152. The molecule has 2 saturated heterocycles. The van der Waals surface area contributed by atoms with Crippen molar-refractivity contribution in [3.8, 4) is 17.1 Å². The third kappa shape index (κ3) is 5.36. The first-order valence-electron chi connectivity index (χ1n) is 16.0. The van der Waals surface area contributed by atoms with Crippen LogP contribution in [0, 0.1) is 0 Å². The number of piperazine rings is 1. The summed E-state index contributed by atoms with van der Waals surface area (Å²) < 4.78 is 45.7. The summed E-state index contributed by atoms with van der Waals surface area (Å²) in [6.45, 7) is 9.25. The second-order valence-corrected chi connectivity index (χ2v) is 13.9. The zero-order valence-corrected chi connectivity index (χ0v) is 28.1. The number of fused-ring (bicyclic) bond motifs is 6. The number of nitrogens with one attached hydrogen (secondary N) is 1. The zero-order chi connectivity index (χ0) is 35.0. The quantitative estimate of drug-likeness (QED) is 0.273. The molecule has 2 N–H and O–H groups in total. The fourth-order valence-corrected chi connectivity index (χ4v) is 7.54. The molecule has 0 bridgehead atoms. The first-order chi connectivity index (χ1) is 23.2. The number of amides is 2. The van der Waals surface area contributed by atoms with Crippen molar-refractivity contribution in [2.75, 3.05) is 32.7 Å². The lowest BCUT2D eigenvalue weighted by atomic mass is 9.84. The molecule has 2 fully saturated rings. The molecule has 1 atom stereocenters. The van der Waals surface area contributed by atoms with Gasteiger partial charge in [0.1, 0.15) is 11.3 Å². The molecule has 0 radical (unpaired) electrons. The summed E-state index contributed by atoms with van der Waals surface area (Å²) in [7, 11) is -4.54. The molecule has 3 aromatic rings. The van der Waals surface area contributed by atoms with Crippen LogP contribution in [-0.2, 0) is 57.6 Å². The Kier molecular flexibility index (Phi) is 7.83. The summed E-state index contributed by atoms with van der Waals surface area (Å²) >= 11 is 0. The monoisotopic (exact) mass is 697 g/mol. The molecule has 17 heteroatoms. The van der Waals surface area contributed by atoms with E-state index in [0.717, 1.165) is 5.56 Å². The predicted octanol–water partition coefficient (Wildman–Crippen LogP) is 1.18. The summed E-state index contributed by atoms with van der Waals surface area (Å²) in [5.41, 5.74) is -1.11. The number of benzene rings is 1. The number of nitrogens with zero attached hydrogens (tertiary/aromatic N) is 4. The van der Waals surface area contributed by atoms with Crippen molar-refractivity contribution in [3.63, 3.8) is 0 Å². The number of aliphatic hydroxyl groups is 1. The van der Waals surface area contributed by atoms with E-state index in [0.29, 0.717) is 54.8 Å². The topological polar surface area (TPSA) is 196 Å². The van der Waals surface area contributed by atoms with Gasteiger partial charge in [-0.2, -0.15) is 16.8 Å². The Morgan fingerprint density at radius 2 is 1.82 bits per heavy atom. The third-order valence-electron chi connectivity index (χ3n) is 9.26. The number of rotatable bonds is 6. The highest BCUT2D eigenvalue weighted by Crippen LogP contribution is 2.50. The van der Waals surface area contributed by atoms with Gasteiger partial charge in [-0.15, -0.1) is 0 Å². The van der Waals surface area contributed by atoms with E-state index in [1.165, 1.54) is 17.6 Å². The molecule has 0 aliphatic carbocycles. The van der Waals surface area contributed by atoms with E-state index in [1.54, 1.807) is 17.0 Å². The van der Waals surface area contributed by atoms with Gasteiger partial charge in [-0.3, -0.25) is 14.5 Å². The normalized spacial score (nSPS) is 21.9. The molecule has 16 nitrogen and oxygen atoms in total. The standard InChI is InChI=1S/C32H35N5O11S/c1-5-18-7-8-23(45-30(41)36-11-9-35(10-12-36)16-24(38)33-17(3)4)20-13-19-15-37-22(27(19)34-26(18)20)14-21-25(28(37)39)32(47-49(43,44)48-32)46-29(40)31(21,42)6-2/h7-8,13-14,17,42H,5-6,9-12,15-16H2,1-4H3,(H,33,38)/t31-/m0/s1. The number of aryl methyl sites for hydroxylation is 1. The molecule has 260 valence electrons. The Morgan fingerprint density at radius 3 is 2.45 bits per heavy atom. The minimum atomic E-state index is -4.54. The van der Waals surface area contributed by atoms with E-state index in [2.05, 4.69) is 5.32 Å². The average Bonchev–Trinajstić information content (AvgIpc) is 3.39. The van der Waals surface area contributed by atoms with Crippen molar-refractivity contribution in [2.24, 2.45) is 0 Å². The molecule has 0 unspecified atom stereocenters. The van der Waals surface area contributed by atoms with E-state index in [9.17, 15) is 32.7 Å². The second-order valence-electron chi connectivity index (χ2n) is 12.8. The molecule has 4 aliphatic rings. The number of esters is 1. The van der Waals surface area contributed by atoms with Crippen molar-refractivity contribution in [1.29, 1.82) is 0 Å². The molecule has 1 spiro atoms. The lowest BCUT2D eigenvalue weighted by Gasteiger charge is -2.44. The number of ether oxygens (including phenoxy) is 2. The van der Waals surface area contributed by atoms with Crippen LogP contribution in [-0.4, -0.2) is 89.6 Å². The third-order valence-corrected chi connectivity index (χ3v) is 10.1. The van der Waals surface area contributed by atoms with Crippen molar-refractivity contribution in [1.82, 2.24) is 24.7 Å². The van der Waals surface area contributed by atoms with E-state index < -0.39 is 45.2 Å². The van der Waals surface area contributed by atoms with Crippen LogP contribution in [0.15, 0.2) is 29.1 Å². The van der Waals surface area contributed by atoms with Crippen molar-refractivity contribution >= 4 is 39.3 Å². The van der Waals surface area contributed by atoms with Gasteiger partial charge in [0.25, 0.3) is 5.56 Å². The Hall–Kier alpha value is -4.42. The van der Waals surface area contributed by atoms with Crippen LogP contribution in [0.2, 0.25) is 0 Å². The van der Waals surface area contributed by atoms with Gasteiger partial charge in [-0.05, 0) is 50.5 Å². The molecule has 6 heterocycles. The molecular weight excluding hydrogens is 662 g/mol. The van der Waals surface area contributed by atoms with Gasteiger partial charge in [-0.1, -0.05) is 19.9 Å². The van der Waals surface area contributed by atoms with Crippen LogP contribution in [0.25, 0.3) is 22.3 Å². The average molecular weight is 698 g/mol. The summed E-state index contributed by atoms with van der Waals surface area (Å²) in [4.78, 5) is 60.9. The lowest BCUT2D eigenvalue weighted by molar-refractivity contribution is -0.356. The van der Waals surface area contributed by atoms with Gasteiger partial charge >= 0.3 is 28.4 Å².